The zero-order valence-corrected chi connectivity index (χ0v) is 18.8. The van der Waals surface area contributed by atoms with E-state index in [0.29, 0.717) is 23.9 Å². The van der Waals surface area contributed by atoms with Crippen molar-refractivity contribution in [3.63, 3.8) is 0 Å². The fourth-order valence-electron chi connectivity index (χ4n) is 3.78. The molecule has 158 valence electrons. The van der Waals surface area contributed by atoms with Gasteiger partial charge in [0.25, 0.3) is 5.91 Å². The molecule has 0 N–H and O–H groups in total. The standard InChI is InChI=1S/C23H27ClN4O2/c1-22(2,3)28-20(26-12-6-7-13-26)18-14-27(15-19(18)25-28)21(29)23(4,5)30-17-10-8-16(24)9-11-17/h6-13H,14-15H2,1-5H3. The summed E-state index contributed by atoms with van der Waals surface area (Å²) in [6.45, 7) is 11.0. The van der Waals surface area contributed by atoms with Crippen molar-refractivity contribution in [3.05, 3.63) is 65.1 Å². The maximum absolute atomic E-state index is 13.3. The lowest BCUT2D eigenvalue weighted by atomic mass is 10.1. The van der Waals surface area contributed by atoms with E-state index in [4.69, 9.17) is 21.4 Å². The van der Waals surface area contributed by atoms with Gasteiger partial charge in [-0.25, -0.2) is 4.68 Å². The average molecular weight is 427 g/mol. The molecule has 0 saturated heterocycles. The lowest BCUT2D eigenvalue weighted by molar-refractivity contribution is -0.146. The zero-order chi connectivity index (χ0) is 21.7. The molecule has 6 nitrogen and oxygen atoms in total. The highest BCUT2D eigenvalue weighted by atomic mass is 35.5. The number of fused-ring (bicyclic) bond motifs is 1. The minimum Gasteiger partial charge on any atom is -0.478 e. The van der Waals surface area contributed by atoms with E-state index >= 15 is 0 Å². The van der Waals surface area contributed by atoms with Crippen LogP contribution in [0.5, 0.6) is 5.75 Å². The predicted molar refractivity (Wildman–Crippen MR) is 117 cm³/mol. The monoisotopic (exact) mass is 426 g/mol. The highest BCUT2D eigenvalue weighted by molar-refractivity contribution is 6.30. The van der Waals surface area contributed by atoms with Crippen molar-refractivity contribution in [2.75, 3.05) is 0 Å². The van der Waals surface area contributed by atoms with Gasteiger partial charge < -0.3 is 14.2 Å². The molecule has 0 aliphatic carbocycles. The summed E-state index contributed by atoms with van der Waals surface area (Å²) < 4.78 is 10.1. The first-order valence-electron chi connectivity index (χ1n) is 10.0. The number of carbonyl (C=O) groups excluding carboxylic acids is 1. The van der Waals surface area contributed by atoms with Gasteiger partial charge in [0.1, 0.15) is 11.6 Å². The molecule has 0 saturated carbocycles. The molecule has 1 aromatic carbocycles. The molecule has 30 heavy (non-hydrogen) atoms. The van der Waals surface area contributed by atoms with Gasteiger partial charge in [0, 0.05) is 23.0 Å². The lowest BCUT2D eigenvalue weighted by Crippen LogP contribution is -2.47. The van der Waals surface area contributed by atoms with Crippen LogP contribution in [0.2, 0.25) is 5.02 Å². The topological polar surface area (TPSA) is 52.3 Å². The Bertz CT molecular complexity index is 1060. The van der Waals surface area contributed by atoms with Crippen LogP contribution in [0.3, 0.4) is 0 Å². The number of hydrogen-bond donors (Lipinski definition) is 0. The third-order valence-electron chi connectivity index (χ3n) is 5.20. The number of benzene rings is 1. The first-order valence-corrected chi connectivity index (χ1v) is 10.4. The van der Waals surface area contributed by atoms with Crippen LogP contribution in [0.25, 0.3) is 5.82 Å². The maximum Gasteiger partial charge on any atom is 0.266 e. The summed E-state index contributed by atoms with van der Waals surface area (Å²) in [7, 11) is 0. The molecule has 0 spiro atoms. The molecule has 7 heteroatoms. The molecule has 0 bridgehead atoms. The summed E-state index contributed by atoms with van der Waals surface area (Å²) in [6.07, 6.45) is 4.02. The molecule has 0 unspecified atom stereocenters. The number of rotatable bonds is 4. The van der Waals surface area contributed by atoms with Gasteiger partial charge >= 0.3 is 0 Å². The maximum atomic E-state index is 13.3. The van der Waals surface area contributed by atoms with Crippen molar-refractivity contribution < 1.29 is 9.53 Å². The second kappa shape index (κ2) is 7.20. The number of halogens is 1. The van der Waals surface area contributed by atoms with E-state index in [-0.39, 0.29) is 11.4 Å². The molecular weight excluding hydrogens is 400 g/mol. The summed E-state index contributed by atoms with van der Waals surface area (Å²) in [6, 6.07) is 11.0. The van der Waals surface area contributed by atoms with E-state index in [1.165, 1.54) is 0 Å². The van der Waals surface area contributed by atoms with Gasteiger partial charge in [-0.2, -0.15) is 5.10 Å². The van der Waals surface area contributed by atoms with E-state index in [1.54, 1.807) is 38.1 Å². The number of ether oxygens (including phenoxy) is 1. The minimum atomic E-state index is -1.01. The van der Waals surface area contributed by atoms with Gasteiger partial charge in [-0.1, -0.05) is 11.6 Å². The van der Waals surface area contributed by atoms with Crippen LogP contribution < -0.4 is 4.74 Å². The Morgan fingerprint density at radius 2 is 1.67 bits per heavy atom. The fourth-order valence-corrected chi connectivity index (χ4v) is 3.90. The van der Waals surface area contributed by atoms with Gasteiger partial charge in [-0.3, -0.25) is 4.79 Å². The zero-order valence-electron chi connectivity index (χ0n) is 18.0. The van der Waals surface area contributed by atoms with Crippen molar-refractivity contribution in [2.45, 2.75) is 58.8 Å². The van der Waals surface area contributed by atoms with Crippen LogP contribution in [-0.2, 0) is 23.4 Å². The van der Waals surface area contributed by atoms with Gasteiger partial charge in [0.15, 0.2) is 5.60 Å². The summed E-state index contributed by atoms with van der Waals surface area (Å²) in [4.78, 5) is 15.1. The number of hydrogen-bond acceptors (Lipinski definition) is 3. The largest absolute Gasteiger partial charge is 0.478 e. The molecule has 1 aliphatic rings. The predicted octanol–water partition coefficient (Wildman–Crippen LogP) is 4.78. The van der Waals surface area contributed by atoms with Crippen molar-refractivity contribution in [3.8, 4) is 11.6 Å². The molecule has 1 aliphatic heterocycles. The molecule has 3 heterocycles. The van der Waals surface area contributed by atoms with E-state index in [1.807, 2.05) is 29.4 Å². The molecule has 1 amide bonds. The van der Waals surface area contributed by atoms with Crippen LogP contribution in [-0.4, -0.2) is 30.8 Å². The van der Waals surface area contributed by atoms with E-state index in [2.05, 4.69) is 30.0 Å². The number of amides is 1. The summed E-state index contributed by atoms with van der Waals surface area (Å²) in [5.41, 5.74) is 0.835. The first kappa shape index (κ1) is 20.5. The van der Waals surface area contributed by atoms with Gasteiger partial charge in [-0.05, 0) is 71.0 Å². The third-order valence-corrected chi connectivity index (χ3v) is 5.45. The quantitative estimate of drug-likeness (QED) is 0.603. The van der Waals surface area contributed by atoms with Crippen LogP contribution in [0, 0.1) is 0 Å². The Morgan fingerprint density at radius 3 is 2.27 bits per heavy atom. The Labute approximate surface area is 182 Å². The highest BCUT2D eigenvalue weighted by Gasteiger charge is 2.40. The Balaban J connectivity index is 1.60. The molecule has 2 aromatic heterocycles. The van der Waals surface area contributed by atoms with Crippen molar-refractivity contribution >= 4 is 17.5 Å². The Kier molecular flexibility index (Phi) is 4.93. The van der Waals surface area contributed by atoms with Crippen LogP contribution in [0.1, 0.15) is 45.9 Å². The van der Waals surface area contributed by atoms with E-state index in [9.17, 15) is 4.79 Å². The van der Waals surface area contributed by atoms with Crippen molar-refractivity contribution in [1.29, 1.82) is 0 Å². The van der Waals surface area contributed by atoms with Crippen LogP contribution in [0.4, 0.5) is 0 Å². The average Bonchev–Trinajstić information content (AvgIpc) is 3.37. The molecule has 3 aromatic rings. The van der Waals surface area contributed by atoms with Crippen LogP contribution in [0.15, 0.2) is 48.8 Å². The van der Waals surface area contributed by atoms with E-state index < -0.39 is 5.60 Å². The van der Waals surface area contributed by atoms with Crippen molar-refractivity contribution in [2.24, 2.45) is 0 Å². The molecule has 0 fully saturated rings. The molecule has 4 rings (SSSR count). The SMILES string of the molecule is CC(C)(Oc1ccc(Cl)cc1)C(=O)N1Cc2nn(C(C)(C)C)c(-n3cccc3)c2C1. The normalized spacial score (nSPS) is 14.1. The molecular formula is C23H27ClN4O2. The second-order valence-electron chi connectivity index (χ2n) is 9.15. The van der Waals surface area contributed by atoms with Gasteiger partial charge in [-0.15, -0.1) is 0 Å². The number of aromatic nitrogens is 3. The minimum absolute atomic E-state index is 0.0729. The lowest BCUT2D eigenvalue weighted by Gasteiger charge is -2.30. The highest BCUT2D eigenvalue weighted by Crippen LogP contribution is 2.33. The number of carbonyl (C=O) groups is 1. The van der Waals surface area contributed by atoms with Gasteiger partial charge in [0.2, 0.25) is 0 Å². The smallest absolute Gasteiger partial charge is 0.266 e. The summed E-state index contributed by atoms with van der Waals surface area (Å²) in [5.74, 6) is 1.55. The molecule has 0 atom stereocenters. The summed E-state index contributed by atoms with van der Waals surface area (Å²) >= 11 is 5.95. The Morgan fingerprint density at radius 1 is 1.03 bits per heavy atom. The van der Waals surface area contributed by atoms with Crippen molar-refractivity contribution in [1.82, 2.24) is 19.2 Å². The third kappa shape index (κ3) is 3.72. The fraction of sp³-hybridized carbons (Fsp3) is 0.391. The molecule has 0 radical (unpaired) electrons. The van der Waals surface area contributed by atoms with E-state index in [0.717, 1.165) is 17.1 Å². The number of nitrogens with zero attached hydrogens (tertiary/aromatic N) is 4. The summed E-state index contributed by atoms with van der Waals surface area (Å²) in [5, 5.41) is 5.50. The Hall–Kier alpha value is -2.73. The van der Waals surface area contributed by atoms with Crippen LogP contribution >= 0.6 is 11.6 Å². The van der Waals surface area contributed by atoms with Gasteiger partial charge in [0.05, 0.1) is 24.3 Å². The second-order valence-corrected chi connectivity index (χ2v) is 9.59. The first-order chi connectivity index (χ1) is 14.1.